The summed E-state index contributed by atoms with van der Waals surface area (Å²) in [6.07, 6.45) is 4.27. The third kappa shape index (κ3) is 3.59. The predicted octanol–water partition coefficient (Wildman–Crippen LogP) is 2.09. The van der Waals surface area contributed by atoms with Gasteiger partial charge in [0.2, 0.25) is 0 Å². The van der Waals surface area contributed by atoms with E-state index in [9.17, 15) is 4.79 Å². The van der Waals surface area contributed by atoms with Crippen LogP contribution in [0.1, 0.15) is 21.7 Å². The first-order chi connectivity index (χ1) is 9.20. The molecule has 0 aliphatic heterocycles. The summed E-state index contributed by atoms with van der Waals surface area (Å²) < 4.78 is 0. The van der Waals surface area contributed by atoms with Crippen LogP contribution in [0, 0.1) is 0 Å². The Kier molecular flexibility index (Phi) is 4.60. The van der Waals surface area contributed by atoms with Gasteiger partial charge in [-0.2, -0.15) is 0 Å². The Morgan fingerprint density at radius 1 is 1.16 bits per heavy atom. The summed E-state index contributed by atoms with van der Waals surface area (Å²) in [6, 6.07) is 7.63. The zero-order valence-corrected chi connectivity index (χ0v) is 11.0. The molecule has 1 heterocycles. The van der Waals surface area contributed by atoms with Crippen LogP contribution in [-0.2, 0) is 12.8 Å². The average molecular weight is 277 g/mol. The molecule has 0 atom stereocenters. The Balaban J connectivity index is 2.01. The predicted molar refractivity (Wildman–Crippen MR) is 72.3 cm³/mol. The van der Waals surface area contributed by atoms with Gasteiger partial charge in [0.25, 0.3) is 0 Å². The Morgan fingerprint density at radius 3 is 2.47 bits per heavy atom. The first kappa shape index (κ1) is 13.6. The number of benzene rings is 1. The number of hydrogen-bond donors (Lipinski definition) is 1. The highest BCUT2D eigenvalue weighted by molar-refractivity contribution is 6.31. The maximum atomic E-state index is 11.2. The molecule has 0 saturated carbocycles. The van der Waals surface area contributed by atoms with Gasteiger partial charge in [-0.15, -0.1) is 0 Å². The van der Waals surface area contributed by atoms with E-state index in [4.69, 9.17) is 16.7 Å². The van der Waals surface area contributed by atoms with E-state index < -0.39 is 6.61 Å². The second-order valence-corrected chi connectivity index (χ2v) is 4.47. The lowest BCUT2D eigenvalue weighted by atomic mass is 10.1. The molecule has 5 heteroatoms. The zero-order valence-electron chi connectivity index (χ0n) is 10.2. The van der Waals surface area contributed by atoms with E-state index in [1.807, 2.05) is 24.3 Å². The largest absolute Gasteiger partial charge is 0.388 e. The molecule has 0 aliphatic rings. The minimum Gasteiger partial charge on any atom is -0.388 e. The van der Waals surface area contributed by atoms with Crippen LogP contribution >= 0.6 is 11.6 Å². The van der Waals surface area contributed by atoms with Crippen molar-refractivity contribution in [2.45, 2.75) is 12.8 Å². The molecule has 2 aromatic rings. The number of aromatic nitrogens is 2. The van der Waals surface area contributed by atoms with Crippen molar-refractivity contribution in [1.82, 2.24) is 9.97 Å². The number of ketones is 1. The lowest BCUT2D eigenvalue weighted by molar-refractivity contribution is 0.0903. The van der Waals surface area contributed by atoms with Crippen LogP contribution in [0.3, 0.4) is 0 Å². The third-order valence-electron chi connectivity index (χ3n) is 2.75. The minimum atomic E-state index is -0.525. The molecular weight excluding hydrogens is 264 g/mol. The van der Waals surface area contributed by atoms with E-state index >= 15 is 0 Å². The van der Waals surface area contributed by atoms with E-state index in [0.29, 0.717) is 17.8 Å². The number of hydrogen-bond acceptors (Lipinski definition) is 4. The number of halogens is 1. The summed E-state index contributed by atoms with van der Waals surface area (Å²) in [5, 5.41) is 9.45. The first-order valence-corrected chi connectivity index (χ1v) is 6.27. The molecular formula is C14H13ClN2O2. The molecule has 0 saturated heterocycles. The van der Waals surface area contributed by atoms with Gasteiger partial charge in [-0.25, -0.2) is 9.97 Å². The van der Waals surface area contributed by atoms with Crippen LogP contribution in [0.15, 0.2) is 36.7 Å². The van der Waals surface area contributed by atoms with Gasteiger partial charge in [0.15, 0.2) is 5.78 Å². The van der Waals surface area contributed by atoms with Crippen LogP contribution in [0.4, 0.5) is 0 Å². The Morgan fingerprint density at radius 2 is 1.84 bits per heavy atom. The van der Waals surface area contributed by atoms with Gasteiger partial charge < -0.3 is 5.11 Å². The van der Waals surface area contributed by atoms with Crippen molar-refractivity contribution in [1.29, 1.82) is 0 Å². The smallest absolute Gasteiger partial charge is 0.191 e. The van der Waals surface area contributed by atoms with Gasteiger partial charge >= 0.3 is 0 Å². The molecule has 1 N–H and O–H groups in total. The molecule has 0 radical (unpaired) electrons. The number of aliphatic hydroxyl groups is 1. The van der Waals surface area contributed by atoms with Crippen molar-refractivity contribution < 1.29 is 9.90 Å². The van der Waals surface area contributed by atoms with Gasteiger partial charge in [0.1, 0.15) is 12.4 Å². The van der Waals surface area contributed by atoms with Gasteiger partial charge in [0, 0.05) is 23.8 Å². The van der Waals surface area contributed by atoms with Crippen molar-refractivity contribution in [3.8, 4) is 0 Å². The molecule has 19 heavy (non-hydrogen) atoms. The maximum absolute atomic E-state index is 11.2. The molecule has 1 aromatic carbocycles. The lowest BCUT2D eigenvalue weighted by Crippen LogP contribution is -2.07. The number of nitrogens with zero attached hydrogens (tertiary/aromatic N) is 2. The van der Waals surface area contributed by atoms with Gasteiger partial charge in [-0.05, 0) is 18.1 Å². The molecule has 0 amide bonds. The van der Waals surface area contributed by atoms with E-state index in [0.717, 1.165) is 17.0 Å². The highest BCUT2D eigenvalue weighted by Crippen LogP contribution is 2.16. The number of rotatable bonds is 5. The van der Waals surface area contributed by atoms with E-state index in [1.165, 1.54) is 12.4 Å². The van der Waals surface area contributed by atoms with Crippen molar-refractivity contribution >= 4 is 17.4 Å². The van der Waals surface area contributed by atoms with Crippen molar-refractivity contribution in [3.05, 3.63) is 58.6 Å². The second kappa shape index (κ2) is 6.41. The fourth-order valence-electron chi connectivity index (χ4n) is 1.67. The number of aliphatic hydroxyl groups excluding tert-OH is 1. The maximum Gasteiger partial charge on any atom is 0.191 e. The highest BCUT2D eigenvalue weighted by Gasteiger charge is 2.06. The summed E-state index contributed by atoms with van der Waals surface area (Å²) in [4.78, 5) is 19.4. The highest BCUT2D eigenvalue weighted by atomic mass is 35.5. The average Bonchev–Trinajstić information content (AvgIpc) is 2.46. The monoisotopic (exact) mass is 276 g/mol. The van der Waals surface area contributed by atoms with Gasteiger partial charge in [-0.3, -0.25) is 4.79 Å². The molecule has 0 aliphatic carbocycles. The van der Waals surface area contributed by atoms with Crippen molar-refractivity contribution in [2.24, 2.45) is 0 Å². The SMILES string of the molecule is O=C(CO)c1cnc(CCc2ccccc2Cl)nc1. The molecule has 4 nitrogen and oxygen atoms in total. The molecule has 2 rings (SSSR count). The van der Waals surface area contributed by atoms with Crippen LogP contribution in [0.25, 0.3) is 0 Å². The normalized spacial score (nSPS) is 10.4. The standard InChI is InChI=1S/C14H13ClN2O2/c15-12-4-2-1-3-10(12)5-6-14-16-7-11(8-17-14)13(19)9-18/h1-4,7-8,18H,5-6,9H2. The lowest BCUT2D eigenvalue weighted by Gasteiger charge is -2.03. The van der Waals surface area contributed by atoms with Crippen LogP contribution in [0.2, 0.25) is 5.02 Å². The quantitative estimate of drug-likeness (QED) is 0.850. The topological polar surface area (TPSA) is 63.1 Å². The molecule has 1 aromatic heterocycles. The molecule has 0 fully saturated rings. The van der Waals surface area contributed by atoms with Crippen molar-refractivity contribution in [3.63, 3.8) is 0 Å². The Bertz CT molecular complexity index is 570. The molecule has 0 spiro atoms. The summed E-state index contributed by atoms with van der Waals surface area (Å²) in [5.41, 5.74) is 1.37. The van der Waals surface area contributed by atoms with E-state index in [1.54, 1.807) is 0 Å². The van der Waals surface area contributed by atoms with Crippen LogP contribution in [-0.4, -0.2) is 27.5 Å². The fraction of sp³-hybridized carbons (Fsp3) is 0.214. The first-order valence-electron chi connectivity index (χ1n) is 5.89. The van der Waals surface area contributed by atoms with Crippen LogP contribution in [0.5, 0.6) is 0 Å². The number of carbonyl (C=O) groups is 1. The molecule has 0 unspecified atom stereocenters. The number of aryl methyl sites for hydroxylation is 2. The van der Waals surface area contributed by atoms with E-state index in [2.05, 4.69) is 9.97 Å². The van der Waals surface area contributed by atoms with Gasteiger partial charge in [0.05, 0.1) is 5.56 Å². The summed E-state index contributed by atoms with van der Waals surface area (Å²) in [6.45, 7) is -0.525. The minimum absolute atomic E-state index is 0.323. The number of Topliss-reactive ketones (excluding diaryl/α,β-unsaturated/α-hetero) is 1. The molecule has 0 bridgehead atoms. The Labute approximate surface area is 116 Å². The second-order valence-electron chi connectivity index (χ2n) is 4.06. The third-order valence-corrected chi connectivity index (χ3v) is 3.12. The summed E-state index contributed by atoms with van der Waals surface area (Å²) in [5.74, 6) is 0.270. The summed E-state index contributed by atoms with van der Waals surface area (Å²) in [7, 11) is 0. The molecule has 98 valence electrons. The zero-order chi connectivity index (χ0) is 13.7. The van der Waals surface area contributed by atoms with E-state index in [-0.39, 0.29) is 5.78 Å². The number of carbonyl (C=O) groups excluding carboxylic acids is 1. The fourth-order valence-corrected chi connectivity index (χ4v) is 1.90. The Hall–Kier alpha value is -1.78. The summed E-state index contributed by atoms with van der Waals surface area (Å²) >= 11 is 6.06. The van der Waals surface area contributed by atoms with Crippen molar-refractivity contribution in [2.75, 3.05) is 6.61 Å². The van der Waals surface area contributed by atoms with Gasteiger partial charge in [-0.1, -0.05) is 29.8 Å². The van der Waals surface area contributed by atoms with Crippen LogP contribution < -0.4 is 0 Å².